The molecule has 5 atom stereocenters. The minimum Gasteiger partial charge on any atom is -0.488 e. The van der Waals surface area contributed by atoms with E-state index in [9.17, 15) is 29.3 Å². The van der Waals surface area contributed by atoms with E-state index in [1.165, 1.54) is 24.0 Å². The number of amides is 3. The highest BCUT2D eigenvalue weighted by Gasteiger charge is 2.59. The molecule has 1 aromatic heterocycles. The van der Waals surface area contributed by atoms with Crippen LogP contribution < -0.4 is 15.4 Å². The number of aromatic nitrogens is 1. The number of nitro benzene ring substituents is 1. The number of carbonyl (C=O) groups excluding carboxylic acids is 4. The van der Waals surface area contributed by atoms with E-state index in [0.29, 0.717) is 28.8 Å². The molecule has 2 heterocycles. The van der Waals surface area contributed by atoms with Crippen LogP contribution in [0, 0.1) is 22.0 Å². The van der Waals surface area contributed by atoms with Crippen LogP contribution in [0.2, 0.25) is 0 Å². The van der Waals surface area contributed by atoms with Gasteiger partial charge in [-0.3, -0.25) is 24.5 Å². The lowest BCUT2D eigenvalue weighted by Gasteiger charge is -2.34. The molecule has 0 bridgehead atoms. The van der Waals surface area contributed by atoms with Crippen molar-refractivity contribution in [2.45, 2.75) is 95.5 Å². The van der Waals surface area contributed by atoms with Gasteiger partial charge in [-0.05, 0) is 52.0 Å². The van der Waals surface area contributed by atoms with Gasteiger partial charge in [-0.25, -0.2) is 9.78 Å². The van der Waals surface area contributed by atoms with Crippen LogP contribution in [0.1, 0.15) is 65.7 Å². The van der Waals surface area contributed by atoms with E-state index in [2.05, 4.69) is 17.2 Å². The number of ether oxygens (including phenoxy) is 2. The van der Waals surface area contributed by atoms with Crippen LogP contribution in [0.15, 0.2) is 67.3 Å². The van der Waals surface area contributed by atoms with Crippen molar-refractivity contribution in [3.05, 3.63) is 77.4 Å². The Morgan fingerprint density at radius 2 is 1.81 bits per heavy atom. The SMILES string of the molecule is C=CC1CC1(NC(=O)C1CC(Oc2cc(-c3ccccc3)nc3ccc([N+](=O)[O-])cc23)CN1C(=O)C(NC(=O)OC(C)C)C1CCCCC1)C(C)=O. The number of hydrogen-bond donors (Lipinski definition) is 2. The number of nitrogens with zero attached hydrogens (tertiary/aromatic N) is 3. The summed E-state index contributed by atoms with van der Waals surface area (Å²) in [6.07, 6.45) is 4.55. The van der Waals surface area contributed by atoms with Crippen LogP contribution in [0.4, 0.5) is 10.5 Å². The number of non-ortho nitro benzene ring substituents is 1. The third-order valence-electron chi connectivity index (χ3n) is 10.5. The molecule has 2 N–H and O–H groups in total. The van der Waals surface area contributed by atoms with E-state index in [0.717, 1.165) is 37.7 Å². The molecule has 3 aliphatic rings. The number of alkyl carbamates (subject to hydrolysis) is 1. The Bertz CT molecular complexity index is 1880. The van der Waals surface area contributed by atoms with E-state index in [4.69, 9.17) is 14.5 Å². The Morgan fingerprint density at radius 1 is 1.08 bits per heavy atom. The molecule has 3 amide bonds. The summed E-state index contributed by atoms with van der Waals surface area (Å²) in [6, 6.07) is 13.5. The van der Waals surface area contributed by atoms with Crippen molar-refractivity contribution in [2.75, 3.05) is 6.54 Å². The maximum Gasteiger partial charge on any atom is 0.408 e. The number of nitro groups is 1. The zero-order chi connectivity index (χ0) is 37.2. The number of benzene rings is 2. The molecule has 3 fully saturated rings. The summed E-state index contributed by atoms with van der Waals surface area (Å²) in [5, 5.41) is 17.9. The molecule has 13 heteroatoms. The number of Topliss-reactive ketones (excluding diaryl/α,β-unsaturated/α-hetero) is 1. The minimum atomic E-state index is -1.10. The Kier molecular flexibility index (Phi) is 10.6. The van der Waals surface area contributed by atoms with Crippen molar-refractivity contribution >= 4 is 40.3 Å². The molecule has 2 aliphatic carbocycles. The Labute approximate surface area is 302 Å². The van der Waals surface area contributed by atoms with Crippen LogP contribution in [-0.4, -0.2) is 74.9 Å². The van der Waals surface area contributed by atoms with Gasteiger partial charge >= 0.3 is 6.09 Å². The molecule has 2 aromatic carbocycles. The molecule has 0 spiro atoms. The van der Waals surface area contributed by atoms with Crippen LogP contribution in [0.5, 0.6) is 5.75 Å². The normalized spacial score (nSPS) is 23.5. The summed E-state index contributed by atoms with van der Waals surface area (Å²) in [6.45, 7) is 8.67. The fourth-order valence-corrected chi connectivity index (χ4v) is 7.62. The summed E-state index contributed by atoms with van der Waals surface area (Å²) in [7, 11) is 0. The average molecular weight is 712 g/mol. The number of fused-ring (bicyclic) bond motifs is 1. The van der Waals surface area contributed by atoms with Gasteiger partial charge in [-0.15, -0.1) is 6.58 Å². The number of hydrogen-bond acceptors (Lipinski definition) is 9. The quantitative estimate of drug-likeness (QED) is 0.132. The highest BCUT2D eigenvalue weighted by atomic mass is 16.6. The van der Waals surface area contributed by atoms with Crippen LogP contribution in [0.3, 0.4) is 0 Å². The Balaban J connectivity index is 1.36. The van der Waals surface area contributed by atoms with Gasteiger partial charge in [-0.1, -0.05) is 55.7 Å². The maximum absolute atomic E-state index is 14.6. The van der Waals surface area contributed by atoms with Crippen molar-refractivity contribution in [1.29, 1.82) is 0 Å². The fourth-order valence-electron chi connectivity index (χ4n) is 7.62. The Hall–Kier alpha value is -5.33. The van der Waals surface area contributed by atoms with Crippen LogP contribution in [0.25, 0.3) is 22.2 Å². The van der Waals surface area contributed by atoms with Gasteiger partial charge < -0.3 is 25.0 Å². The number of ketones is 1. The molecule has 2 saturated carbocycles. The zero-order valence-corrected chi connectivity index (χ0v) is 29.7. The molecule has 52 heavy (non-hydrogen) atoms. The summed E-state index contributed by atoms with van der Waals surface area (Å²) in [5.74, 6) is -1.24. The number of rotatable bonds is 12. The lowest BCUT2D eigenvalue weighted by atomic mass is 9.83. The van der Waals surface area contributed by atoms with Gasteiger partial charge in [0.2, 0.25) is 11.8 Å². The first kappa shape index (κ1) is 36.5. The van der Waals surface area contributed by atoms with Crippen LogP contribution in [-0.2, 0) is 19.1 Å². The predicted octanol–water partition coefficient (Wildman–Crippen LogP) is 5.89. The van der Waals surface area contributed by atoms with Gasteiger partial charge in [0.25, 0.3) is 5.69 Å². The van der Waals surface area contributed by atoms with E-state index >= 15 is 0 Å². The van der Waals surface area contributed by atoms with E-state index in [1.54, 1.807) is 32.1 Å². The van der Waals surface area contributed by atoms with E-state index < -0.39 is 52.7 Å². The summed E-state index contributed by atoms with van der Waals surface area (Å²) >= 11 is 0. The second kappa shape index (κ2) is 15.1. The molecule has 1 saturated heterocycles. The number of pyridine rings is 1. The number of likely N-dealkylation sites (tertiary alicyclic amines) is 1. The minimum absolute atomic E-state index is 0.0155. The summed E-state index contributed by atoms with van der Waals surface area (Å²) in [5.41, 5.74) is 0.616. The van der Waals surface area contributed by atoms with Crippen molar-refractivity contribution in [3.8, 4) is 17.0 Å². The van der Waals surface area contributed by atoms with Gasteiger partial charge in [0.05, 0.1) is 28.8 Å². The second-order valence-electron chi connectivity index (χ2n) is 14.3. The monoisotopic (exact) mass is 711 g/mol. The highest BCUT2D eigenvalue weighted by molar-refractivity contribution is 5.98. The van der Waals surface area contributed by atoms with Crippen molar-refractivity contribution < 1.29 is 33.6 Å². The number of nitrogens with one attached hydrogen (secondary N) is 2. The predicted molar refractivity (Wildman–Crippen MR) is 193 cm³/mol. The maximum atomic E-state index is 14.6. The standard InChI is InChI=1S/C39H45N5O8/c1-5-27-21-39(27,24(4)45)42-36(46)33-19-29(22-43(33)37(47)35(26-14-10-7-11-15-26)41-38(48)51-23(2)3)52-34-20-32(25-12-8-6-9-13-25)40-31-17-16-28(44(49)50)18-30(31)34/h5-6,8-9,12-13,16-18,20,23,26-27,29,33,35H,1,7,10-11,14-15,19,21-22H2,2-4H3,(H,41,48)(H,42,46). The third-order valence-corrected chi connectivity index (χ3v) is 10.5. The second-order valence-corrected chi connectivity index (χ2v) is 14.3. The first-order chi connectivity index (χ1) is 24.9. The average Bonchev–Trinajstić information content (AvgIpc) is 3.69. The lowest BCUT2D eigenvalue weighted by Crippen LogP contribution is -2.58. The van der Waals surface area contributed by atoms with Crippen LogP contribution >= 0.6 is 0 Å². The number of carbonyl (C=O) groups is 4. The topological polar surface area (TPSA) is 170 Å². The van der Waals surface area contributed by atoms with E-state index in [1.807, 2.05) is 30.3 Å². The molecule has 3 aromatic rings. The molecule has 13 nitrogen and oxygen atoms in total. The molecular formula is C39H45N5O8. The smallest absolute Gasteiger partial charge is 0.408 e. The first-order valence-electron chi connectivity index (χ1n) is 17.9. The van der Waals surface area contributed by atoms with Gasteiger partial charge in [0, 0.05) is 41.5 Å². The largest absolute Gasteiger partial charge is 0.488 e. The van der Waals surface area contributed by atoms with Crippen molar-refractivity contribution in [1.82, 2.24) is 20.5 Å². The molecule has 0 radical (unpaired) electrons. The fraction of sp³-hybridized carbons (Fsp3) is 0.462. The van der Waals surface area contributed by atoms with Gasteiger partial charge in [0.1, 0.15) is 29.5 Å². The third kappa shape index (κ3) is 7.63. The first-order valence-corrected chi connectivity index (χ1v) is 17.9. The molecule has 1 aliphatic heterocycles. The van der Waals surface area contributed by atoms with Gasteiger partial charge in [-0.2, -0.15) is 0 Å². The molecule has 5 unspecified atom stereocenters. The highest BCUT2D eigenvalue weighted by Crippen LogP contribution is 2.45. The molecule has 6 rings (SSSR count). The summed E-state index contributed by atoms with van der Waals surface area (Å²) < 4.78 is 12.0. The lowest BCUT2D eigenvalue weighted by molar-refractivity contribution is -0.384. The van der Waals surface area contributed by atoms with Crippen molar-refractivity contribution in [2.24, 2.45) is 11.8 Å². The van der Waals surface area contributed by atoms with E-state index in [-0.39, 0.29) is 36.3 Å². The van der Waals surface area contributed by atoms with Crippen molar-refractivity contribution in [3.63, 3.8) is 0 Å². The summed E-state index contributed by atoms with van der Waals surface area (Å²) in [4.78, 5) is 71.9. The van der Waals surface area contributed by atoms with Gasteiger partial charge in [0.15, 0.2) is 5.78 Å². The Morgan fingerprint density at radius 3 is 2.44 bits per heavy atom. The zero-order valence-electron chi connectivity index (χ0n) is 29.7. The molecule has 274 valence electrons. The molecular weight excluding hydrogens is 666 g/mol.